The Kier molecular flexibility index (Phi) is 4.30. The predicted molar refractivity (Wildman–Crippen MR) is 109 cm³/mol. The van der Waals surface area contributed by atoms with Gasteiger partial charge in [-0.1, -0.05) is 60.7 Å². The quantitative estimate of drug-likeness (QED) is 0.800. The molecule has 142 valence electrons. The van der Waals surface area contributed by atoms with Crippen LogP contribution in [0.1, 0.15) is 51.7 Å². The lowest BCUT2D eigenvalue weighted by molar-refractivity contribution is -0.121. The van der Waals surface area contributed by atoms with Gasteiger partial charge in [0.1, 0.15) is 0 Å². The monoisotopic (exact) mass is 364 g/mol. The molecule has 4 rings (SSSR count). The Labute approximate surface area is 162 Å². The van der Waals surface area contributed by atoms with Gasteiger partial charge in [0.15, 0.2) is 0 Å². The zero-order valence-electron chi connectivity index (χ0n) is 16.7. The van der Waals surface area contributed by atoms with Crippen LogP contribution in [0.4, 0.5) is 0 Å². The van der Waals surface area contributed by atoms with E-state index in [1.165, 1.54) is 0 Å². The van der Waals surface area contributed by atoms with Crippen molar-refractivity contribution in [2.24, 2.45) is 0 Å². The van der Waals surface area contributed by atoms with Gasteiger partial charge in [0.05, 0.1) is 16.8 Å². The average molecular weight is 364 g/mol. The Morgan fingerprint density at radius 1 is 0.778 bits per heavy atom. The van der Waals surface area contributed by atoms with E-state index in [9.17, 15) is 5.11 Å². The van der Waals surface area contributed by atoms with Gasteiger partial charge in [-0.25, -0.2) is 0 Å². The van der Waals surface area contributed by atoms with Crippen LogP contribution in [-0.2, 0) is 20.3 Å². The van der Waals surface area contributed by atoms with Crippen LogP contribution in [-0.4, -0.2) is 23.4 Å². The van der Waals surface area contributed by atoms with Crippen LogP contribution < -0.4 is 0 Å². The smallest absolute Gasteiger partial charge is 0.403 e. The summed E-state index contributed by atoms with van der Waals surface area (Å²) in [5, 5.41) is 11.9. The van der Waals surface area contributed by atoms with Gasteiger partial charge in [0.2, 0.25) is 0 Å². The lowest BCUT2D eigenvalue weighted by Gasteiger charge is -2.57. The molecule has 4 heteroatoms. The zero-order chi connectivity index (χ0) is 19.3. The normalized spacial score (nSPS) is 31.5. The second-order valence-corrected chi connectivity index (χ2v) is 9.06. The summed E-state index contributed by atoms with van der Waals surface area (Å²) >= 11 is 0. The van der Waals surface area contributed by atoms with E-state index in [2.05, 4.69) is 39.8 Å². The summed E-state index contributed by atoms with van der Waals surface area (Å²) in [4.78, 5) is 0. The molecule has 27 heavy (non-hydrogen) atoms. The highest BCUT2D eigenvalue weighted by molar-refractivity contribution is 6.46. The van der Waals surface area contributed by atoms with Crippen LogP contribution in [0.2, 0.25) is 6.32 Å². The van der Waals surface area contributed by atoms with Gasteiger partial charge in [-0.15, -0.1) is 0 Å². The van der Waals surface area contributed by atoms with Crippen LogP contribution in [0.3, 0.4) is 0 Å². The van der Waals surface area contributed by atoms with Crippen molar-refractivity contribution in [1.29, 1.82) is 0 Å². The Hall–Kier alpha value is -1.62. The molecular formula is C23H29BO3. The average Bonchev–Trinajstić information content (AvgIpc) is 2.86. The predicted octanol–water partition coefficient (Wildman–Crippen LogP) is 4.70. The first-order valence-corrected chi connectivity index (χ1v) is 9.89. The maximum atomic E-state index is 11.9. The van der Waals surface area contributed by atoms with Gasteiger partial charge in [-0.05, 0) is 58.0 Å². The summed E-state index contributed by atoms with van der Waals surface area (Å²) in [6, 6.07) is 20.4. The SMILES string of the molecule is CC1(C)OB(C[C@]2(c3ccccc3)CC[C@]2(O)c2ccccc2)OC1(C)C. The molecule has 1 saturated carbocycles. The molecule has 0 spiro atoms. The Morgan fingerprint density at radius 3 is 1.70 bits per heavy atom. The van der Waals surface area contributed by atoms with Gasteiger partial charge in [-0.3, -0.25) is 0 Å². The second-order valence-electron chi connectivity index (χ2n) is 9.06. The molecule has 1 N–H and O–H groups in total. The topological polar surface area (TPSA) is 38.7 Å². The molecule has 0 radical (unpaired) electrons. The maximum absolute atomic E-state index is 11.9. The summed E-state index contributed by atoms with van der Waals surface area (Å²) in [6.07, 6.45) is 2.28. The molecule has 2 aromatic rings. The molecule has 1 heterocycles. The molecule has 2 aliphatic rings. The van der Waals surface area contributed by atoms with Crippen LogP contribution in [0.15, 0.2) is 60.7 Å². The molecular weight excluding hydrogens is 335 g/mol. The molecule has 3 nitrogen and oxygen atoms in total. The minimum absolute atomic E-state index is 0.342. The van der Waals surface area contributed by atoms with E-state index in [-0.39, 0.29) is 18.3 Å². The molecule has 0 aromatic heterocycles. The van der Waals surface area contributed by atoms with Crippen LogP contribution in [0.25, 0.3) is 0 Å². The minimum atomic E-state index is -0.917. The van der Waals surface area contributed by atoms with E-state index in [1.54, 1.807) is 0 Å². The maximum Gasteiger partial charge on any atom is 0.458 e. The van der Waals surface area contributed by atoms with E-state index >= 15 is 0 Å². The number of hydrogen-bond donors (Lipinski definition) is 1. The highest BCUT2D eigenvalue weighted by Crippen LogP contribution is 2.61. The first-order valence-electron chi connectivity index (χ1n) is 9.89. The minimum Gasteiger partial charge on any atom is -0.403 e. The number of rotatable bonds is 4. The third-order valence-electron chi connectivity index (χ3n) is 7.10. The van der Waals surface area contributed by atoms with Crippen molar-refractivity contribution in [3.8, 4) is 0 Å². The Morgan fingerprint density at radius 2 is 1.26 bits per heavy atom. The largest absolute Gasteiger partial charge is 0.458 e. The Bertz CT molecular complexity index is 789. The summed E-state index contributed by atoms with van der Waals surface area (Å²) in [5.41, 5.74) is 0.0403. The van der Waals surface area contributed by atoms with Gasteiger partial charge in [0, 0.05) is 5.41 Å². The molecule has 0 bridgehead atoms. The fourth-order valence-corrected chi connectivity index (χ4v) is 4.66. The summed E-state index contributed by atoms with van der Waals surface area (Å²) in [7, 11) is -0.342. The first-order chi connectivity index (χ1) is 12.7. The third kappa shape index (κ3) is 2.77. The van der Waals surface area contributed by atoms with Crippen LogP contribution in [0, 0.1) is 0 Å². The summed E-state index contributed by atoms with van der Waals surface area (Å²) in [5.74, 6) is 0. The van der Waals surface area contributed by atoms with Crippen molar-refractivity contribution in [2.45, 2.75) is 69.1 Å². The van der Waals surface area contributed by atoms with Crippen molar-refractivity contribution in [3.05, 3.63) is 71.8 Å². The Balaban J connectivity index is 1.74. The molecule has 0 unspecified atom stereocenters. The fourth-order valence-electron chi connectivity index (χ4n) is 4.66. The molecule has 2 fully saturated rings. The molecule has 0 amide bonds. The third-order valence-corrected chi connectivity index (χ3v) is 7.10. The lowest BCUT2D eigenvalue weighted by atomic mass is 9.45. The molecule has 1 saturated heterocycles. The van der Waals surface area contributed by atoms with Crippen molar-refractivity contribution >= 4 is 7.12 Å². The van der Waals surface area contributed by atoms with Crippen molar-refractivity contribution in [2.75, 3.05) is 0 Å². The van der Waals surface area contributed by atoms with E-state index < -0.39 is 11.0 Å². The van der Waals surface area contributed by atoms with Crippen molar-refractivity contribution in [1.82, 2.24) is 0 Å². The molecule has 2 atom stereocenters. The molecule has 1 aliphatic carbocycles. The van der Waals surface area contributed by atoms with E-state index in [4.69, 9.17) is 9.31 Å². The summed E-state index contributed by atoms with van der Waals surface area (Å²) in [6.45, 7) is 8.30. The number of aliphatic hydroxyl groups is 1. The van der Waals surface area contributed by atoms with Gasteiger partial charge in [-0.2, -0.15) is 0 Å². The first kappa shape index (κ1) is 18.7. The fraction of sp³-hybridized carbons (Fsp3) is 0.478. The van der Waals surface area contributed by atoms with E-state index in [0.29, 0.717) is 6.32 Å². The number of hydrogen-bond acceptors (Lipinski definition) is 3. The van der Waals surface area contributed by atoms with Gasteiger partial charge >= 0.3 is 7.12 Å². The standard InChI is InChI=1S/C23H29BO3/c1-20(2)21(3,4)27-24(26-20)17-22(18-11-7-5-8-12-18)15-16-23(22,25)19-13-9-6-10-14-19/h5-14,25H,15-17H2,1-4H3/t22-,23-/m0/s1. The van der Waals surface area contributed by atoms with Crippen LogP contribution in [0.5, 0.6) is 0 Å². The van der Waals surface area contributed by atoms with Gasteiger partial charge < -0.3 is 14.4 Å². The highest BCUT2D eigenvalue weighted by atomic mass is 16.7. The summed E-state index contributed by atoms with van der Waals surface area (Å²) < 4.78 is 12.6. The lowest BCUT2D eigenvalue weighted by Crippen LogP contribution is -2.59. The second kappa shape index (κ2) is 6.20. The number of benzene rings is 2. The van der Waals surface area contributed by atoms with E-state index in [1.807, 2.05) is 48.5 Å². The molecule has 2 aromatic carbocycles. The molecule has 1 aliphatic heterocycles. The van der Waals surface area contributed by atoms with Crippen LogP contribution >= 0.6 is 0 Å². The van der Waals surface area contributed by atoms with Crippen molar-refractivity contribution < 1.29 is 14.4 Å². The van der Waals surface area contributed by atoms with E-state index in [0.717, 1.165) is 24.0 Å². The van der Waals surface area contributed by atoms with Crippen molar-refractivity contribution in [3.63, 3.8) is 0 Å². The zero-order valence-corrected chi connectivity index (χ0v) is 16.7. The highest BCUT2D eigenvalue weighted by Gasteiger charge is 2.63. The van der Waals surface area contributed by atoms with Gasteiger partial charge in [0.25, 0.3) is 0 Å².